The Morgan fingerprint density at radius 1 is 1.06 bits per heavy atom. The van der Waals surface area contributed by atoms with Crippen LogP contribution in [0.3, 0.4) is 0 Å². The van der Waals surface area contributed by atoms with Gasteiger partial charge in [0, 0.05) is 14.1 Å². The van der Waals surface area contributed by atoms with Gasteiger partial charge in [-0.3, -0.25) is 4.79 Å². The Balaban J connectivity index is 1.70. The van der Waals surface area contributed by atoms with E-state index in [1.54, 1.807) is 32.3 Å². The first kappa shape index (κ1) is 21.2. The van der Waals surface area contributed by atoms with Crippen molar-refractivity contribution in [1.29, 1.82) is 0 Å². The number of aromatic nitrogens is 2. The van der Waals surface area contributed by atoms with Crippen molar-refractivity contribution in [2.45, 2.75) is 19.4 Å². The van der Waals surface area contributed by atoms with Crippen molar-refractivity contribution in [3.63, 3.8) is 0 Å². The first-order valence-corrected chi connectivity index (χ1v) is 10.5. The molecule has 32 heavy (non-hydrogen) atoms. The lowest BCUT2D eigenvalue weighted by Crippen LogP contribution is -2.21. The Hall–Kier alpha value is -4.01. The van der Waals surface area contributed by atoms with E-state index in [0.29, 0.717) is 35.6 Å². The van der Waals surface area contributed by atoms with Crippen LogP contribution in [0.25, 0.3) is 0 Å². The second-order valence-corrected chi connectivity index (χ2v) is 7.69. The average molecular weight is 434 g/mol. The molecule has 9 nitrogen and oxygen atoms in total. The Kier molecular flexibility index (Phi) is 5.98. The highest BCUT2D eigenvalue weighted by atomic mass is 16.3. The molecule has 1 atom stereocenters. The number of anilines is 5. The highest BCUT2D eigenvalue weighted by Crippen LogP contribution is 2.36. The molecule has 3 aromatic rings. The fourth-order valence-corrected chi connectivity index (χ4v) is 3.54. The van der Waals surface area contributed by atoms with E-state index in [0.717, 1.165) is 12.0 Å². The Morgan fingerprint density at radius 3 is 2.41 bits per heavy atom. The normalized spacial score (nSPS) is 12.8. The second-order valence-electron chi connectivity index (χ2n) is 7.69. The summed E-state index contributed by atoms with van der Waals surface area (Å²) in [5.74, 6) is 1.83. The third kappa shape index (κ3) is 4.22. The monoisotopic (exact) mass is 433 g/mol. The van der Waals surface area contributed by atoms with Crippen LogP contribution in [0.2, 0.25) is 0 Å². The van der Waals surface area contributed by atoms with Crippen molar-refractivity contribution in [2.75, 3.05) is 42.0 Å². The minimum atomic E-state index is -0.287. The zero-order valence-electron chi connectivity index (χ0n) is 18.3. The molecule has 2 aromatic carbocycles. The number of nitrogens with zero attached hydrogens (tertiary/aromatic N) is 3. The number of aromatic hydroxyl groups is 1. The maximum Gasteiger partial charge on any atom is 0.257 e. The van der Waals surface area contributed by atoms with E-state index in [1.807, 2.05) is 18.2 Å². The number of amides is 1. The lowest BCUT2D eigenvalue weighted by molar-refractivity contribution is 0.0824. The summed E-state index contributed by atoms with van der Waals surface area (Å²) in [6.45, 7) is 2.63. The summed E-state index contributed by atoms with van der Waals surface area (Å²) in [5, 5.41) is 23.7. The molecule has 5 N–H and O–H groups in total. The quantitative estimate of drug-likeness (QED) is 0.356. The molecular formula is C23H27N7O2. The van der Waals surface area contributed by atoms with Gasteiger partial charge in [-0.15, -0.1) is 0 Å². The number of carbonyl (C=O) groups excluding carboxylic acids is 1. The summed E-state index contributed by atoms with van der Waals surface area (Å²) in [6, 6.07) is 15.1. The maximum absolute atomic E-state index is 12.4. The van der Waals surface area contributed by atoms with Crippen LogP contribution in [-0.4, -0.2) is 46.6 Å². The Labute approximate surface area is 186 Å². The molecule has 1 aromatic heterocycles. The van der Waals surface area contributed by atoms with E-state index in [-0.39, 0.29) is 23.3 Å². The molecule has 1 amide bonds. The van der Waals surface area contributed by atoms with E-state index in [9.17, 15) is 9.90 Å². The number of hydrogen-bond donors (Lipinski definition) is 5. The standard InChI is InChI=1S/C23H27N7O2/c1-4-16(14-9-6-5-7-10-14)26-21-22(29-20-19(28-21)24-13-25-20)27-17-12-8-11-15(18(17)31)23(32)30(2)3/h5-12,16,31H,4,13H2,1-3H3,(H2,24,26,28)(H2,25,27,29)/t16-/m1/s1. The van der Waals surface area contributed by atoms with Crippen LogP contribution in [-0.2, 0) is 0 Å². The number of phenols is 1. The second kappa shape index (κ2) is 9.01. The first-order chi connectivity index (χ1) is 15.5. The van der Waals surface area contributed by atoms with Gasteiger partial charge in [0.1, 0.15) is 0 Å². The van der Waals surface area contributed by atoms with Gasteiger partial charge in [0.05, 0.1) is 24.0 Å². The minimum Gasteiger partial charge on any atom is -0.505 e. The lowest BCUT2D eigenvalue weighted by Gasteiger charge is -2.21. The molecule has 0 bridgehead atoms. The molecule has 1 aliphatic rings. The predicted molar refractivity (Wildman–Crippen MR) is 127 cm³/mol. The van der Waals surface area contributed by atoms with Gasteiger partial charge in [-0.2, -0.15) is 0 Å². The molecule has 0 saturated carbocycles. The van der Waals surface area contributed by atoms with Crippen LogP contribution in [0.4, 0.5) is 29.0 Å². The minimum absolute atomic E-state index is 0.0220. The van der Waals surface area contributed by atoms with Gasteiger partial charge in [-0.1, -0.05) is 43.3 Å². The molecule has 0 unspecified atom stereocenters. The SMILES string of the molecule is CC[C@@H](Nc1nc2c(nc1Nc1cccc(C(=O)N(C)C)c1O)NCN2)c1ccccc1. The van der Waals surface area contributed by atoms with Crippen molar-refractivity contribution >= 4 is 34.9 Å². The van der Waals surface area contributed by atoms with Gasteiger partial charge in [0.15, 0.2) is 29.0 Å². The lowest BCUT2D eigenvalue weighted by atomic mass is 10.0. The number of benzene rings is 2. The van der Waals surface area contributed by atoms with Crippen molar-refractivity contribution in [2.24, 2.45) is 0 Å². The molecule has 0 saturated heterocycles. The summed E-state index contributed by atoms with van der Waals surface area (Å²) >= 11 is 0. The number of para-hydroxylation sites is 1. The summed E-state index contributed by atoms with van der Waals surface area (Å²) < 4.78 is 0. The third-order valence-electron chi connectivity index (χ3n) is 5.25. The van der Waals surface area contributed by atoms with Crippen LogP contribution < -0.4 is 21.3 Å². The fourth-order valence-electron chi connectivity index (χ4n) is 3.54. The van der Waals surface area contributed by atoms with Gasteiger partial charge in [0.25, 0.3) is 5.91 Å². The molecule has 2 heterocycles. The number of nitrogens with one attached hydrogen (secondary N) is 4. The van der Waals surface area contributed by atoms with Crippen molar-refractivity contribution in [3.05, 3.63) is 59.7 Å². The Morgan fingerprint density at radius 2 is 1.75 bits per heavy atom. The highest BCUT2D eigenvalue weighted by molar-refractivity contribution is 5.98. The third-order valence-corrected chi connectivity index (χ3v) is 5.25. The van der Waals surface area contributed by atoms with Gasteiger partial charge >= 0.3 is 0 Å². The van der Waals surface area contributed by atoms with E-state index in [1.165, 1.54) is 4.90 Å². The van der Waals surface area contributed by atoms with Crippen LogP contribution >= 0.6 is 0 Å². The summed E-state index contributed by atoms with van der Waals surface area (Å²) in [7, 11) is 3.28. The number of fused-ring (bicyclic) bond motifs is 1. The molecule has 9 heteroatoms. The van der Waals surface area contributed by atoms with Crippen molar-refractivity contribution in [1.82, 2.24) is 14.9 Å². The molecule has 0 fully saturated rings. The summed E-state index contributed by atoms with van der Waals surface area (Å²) in [6.07, 6.45) is 0.839. The van der Waals surface area contributed by atoms with Crippen LogP contribution in [0.15, 0.2) is 48.5 Å². The van der Waals surface area contributed by atoms with Gasteiger partial charge < -0.3 is 31.3 Å². The number of hydrogen-bond acceptors (Lipinski definition) is 8. The molecule has 0 spiro atoms. The summed E-state index contributed by atoms with van der Waals surface area (Å²) in [4.78, 5) is 23.2. The van der Waals surface area contributed by atoms with E-state index < -0.39 is 0 Å². The predicted octanol–water partition coefficient (Wildman–Crippen LogP) is 3.99. The molecule has 0 radical (unpaired) electrons. The van der Waals surface area contributed by atoms with E-state index in [2.05, 4.69) is 45.3 Å². The zero-order valence-corrected chi connectivity index (χ0v) is 18.3. The number of carbonyl (C=O) groups is 1. The van der Waals surface area contributed by atoms with E-state index >= 15 is 0 Å². The smallest absolute Gasteiger partial charge is 0.257 e. The average Bonchev–Trinajstić information content (AvgIpc) is 3.26. The van der Waals surface area contributed by atoms with Crippen LogP contribution in [0.1, 0.15) is 35.3 Å². The van der Waals surface area contributed by atoms with Gasteiger partial charge in [-0.25, -0.2) is 9.97 Å². The first-order valence-electron chi connectivity index (χ1n) is 10.5. The topological polar surface area (TPSA) is 114 Å². The molecule has 166 valence electrons. The molecular weight excluding hydrogens is 406 g/mol. The molecule has 4 rings (SSSR count). The van der Waals surface area contributed by atoms with Gasteiger partial charge in [0.2, 0.25) is 0 Å². The number of rotatable bonds is 7. The van der Waals surface area contributed by atoms with Crippen LogP contribution in [0.5, 0.6) is 5.75 Å². The maximum atomic E-state index is 12.4. The number of phenolic OH excluding ortho intramolecular Hbond substituents is 1. The highest BCUT2D eigenvalue weighted by Gasteiger charge is 2.22. The van der Waals surface area contributed by atoms with Crippen LogP contribution in [0, 0.1) is 0 Å². The summed E-state index contributed by atoms with van der Waals surface area (Å²) in [5.41, 5.74) is 1.71. The van der Waals surface area contributed by atoms with Crippen molar-refractivity contribution < 1.29 is 9.90 Å². The van der Waals surface area contributed by atoms with Crippen molar-refractivity contribution in [3.8, 4) is 5.75 Å². The van der Waals surface area contributed by atoms with E-state index in [4.69, 9.17) is 4.98 Å². The molecule has 0 aliphatic carbocycles. The molecule has 1 aliphatic heterocycles. The zero-order chi connectivity index (χ0) is 22.7. The fraction of sp³-hybridized carbons (Fsp3) is 0.261. The largest absolute Gasteiger partial charge is 0.505 e. The Bertz CT molecular complexity index is 1120. The van der Waals surface area contributed by atoms with Gasteiger partial charge in [-0.05, 0) is 24.1 Å².